The highest BCUT2D eigenvalue weighted by atomic mass is 32.1. The summed E-state index contributed by atoms with van der Waals surface area (Å²) in [5.74, 6) is 0. The van der Waals surface area contributed by atoms with E-state index < -0.39 is 0 Å². The van der Waals surface area contributed by atoms with Crippen LogP contribution in [0.5, 0.6) is 0 Å². The minimum Gasteiger partial charge on any atom is -0.374 e. The maximum Gasteiger partial charge on any atom is 0.114 e. The molecule has 1 aromatic carbocycles. The van der Waals surface area contributed by atoms with Gasteiger partial charge in [0.05, 0.1) is 6.04 Å². The van der Waals surface area contributed by atoms with E-state index in [0.717, 1.165) is 18.8 Å². The van der Waals surface area contributed by atoms with Crippen LogP contribution in [-0.2, 0) is 6.42 Å². The van der Waals surface area contributed by atoms with Crippen molar-refractivity contribution in [3.05, 3.63) is 45.4 Å². The Balaban J connectivity index is 1.96. The van der Waals surface area contributed by atoms with Gasteiger partial charge in [0, 0.05) is 30.4 Å². The fourth-order valence-electron chi connectivity index (χ4n) is 3.04. The van der Waals surface area contributed by atoms with Crippen molar-refractivity contribution in [2.24, 2.45) is 0 Å². The number of hydrogen-bond acceptors (Lipinski definition) is 4. The maximum atomic E-state index is 4.68. The predicted octanol–water partition coefficient (Wildman–Crippen LogP) is 3.53. The minimum absolute atomic E-state index is 0.214. The first-order valence-electron chi connectivity index (χ1n) is 7.68. The second kappa shape index (κ2) is 6.16. The molecule has 2 heterocycles. The van der Waals surface area contributed by atoms with Crippen molar-refractivity contribution in [1.29, 1.82) is 0 Å². The van der Waals surface area contributed by atoms with E-state index in [1.165, 1.54) is 34.7 Å². The van der Waals surface area contributed by atoms with Gasteiger partial charge in [0.1, 0.15) is 5.01 Å². The Morgan fingerprint density at radius 2 is 2.29 bits per heavy atom. The van der Waals surface area contributed by atoms with Crippen LogP contribution in [0.3, 0.4) is 0 Å². The number of rotatable bonds is 4. The Labute approximate surface area is 131 Å². The quantitative estimate of drug-likeness (QED) is 0.936. The molecule has 1 N–H and O–H groups in total. The van der Waals surface area contributed by atoms with E-state index in [1.807, 2.05) is 0 Å². The van der Waals surface area contributed by atoms with Gasteiger partial charge < -0.3 is 10.2 Å². The molecule has 1 aliphatic heterocycles. The van der Waals surface area contributed by atoms with E-state index in [-0.39, 0.29) is 6.04 Å². The molecular weight excluding hydrogens is 278 g/mol. The standard InChI is InChI=1S/C17H23N3S/c1-4-18-16(17-19-12(2)11-21-17)14-7-8-15-13(10-14)6-5-9-20(15)3/h7-8,10-11,16,18H,4-6,9H2,1-3H3. The summed E-state index contributed by atoms with van der Waals surface area (Å²) in [6, 6.07) is 7.11. The second-order valence-electron chi connectivity index (χ2n) is 5.73. The molecule has 3 rings (SSSR count). The molecule has 1 unspecified atom stereocenters. The molecule has 1 aliphatic rings. The van der Waals surface area contributed by atoms with Crippen LogP contribution in [0.2, 0.25) is 0 Å². The zero-order valence-corrected chi connectivity index (χ0v) is 13.8. The summed E-state index contributed by atoms with van der Waals surface area (Å²) >= 11 is 1.75. The van der Waals surface area contributed by atoms with E-state index in [9.17, 15) is 0 Å². The van der Waals surface area contributed by atoms with Gasteiger partial charge in [-0.25, -0.2) is 4.98 Å². The first-order chi connectivity index (χ1) is 10.2. The normalized spacial score (nSPS) is 15.9. The van der Waals surface area contributed by atoms with E-state index in [0.29, 0.717) is 0 Å². The summed E-state index contributed by atoms with van der Waals surface area (Å²) in [6.07, 6.45) is 2.43. The summed E-state index contributed by atoms with van der Waals surface area (Å²) in [5, 5.41) is 6.88. The number of benzene rings is 1. The molecule has 112 valence electrons. The number of thiazole rings is 1. The van der Waals surface area contributed by atoms with Gasteiger partial charge in [-0.05, 0) is 43.5 Å². The van der Waals surface area contributed by atoms with Gasteiger partial charge in [0.2, 0.25) is 0 Å². The van der Waals surface area contributed by atoms with Crippen LogP contribution < -0.4 is 10.2 Å². The second-order valence-corrected chi connectivity index (χ2v) is 6.62. The third-order valence-corrected chi connectivity index (χ3v) is 5.11. The highest BCUT2D eigenvalue weighted by Gasteiger charge is 2.20. The van der Waals surface area contributed by atoms with Gasteiger partial charge in [-0.3, -0.25) is 0 Å². The molecule has 2 aromatic rings. The van der Waals surface area contributed by atoms with Crippen molar-refractivity contribution >= 4 is 17.0 Å². The molecule has 4 heteroatoms. The number of aromatic nitrogens is 1. The smallest absolute Gasteiger partial charge is 0.114 e. The molecule has 0 radical (unpaired) electrons. The van der Waals surface area contributed by atoms with Crippen LogP contribution in [0.1, 0.15) is 41.2 Å². The van der Waals surface area contributed by atoms with Gasteiger partial charge >= 0.3 is 0 Å². The maximum absolute atomic E-state index is 4.68. The number of nitrogens with zero attached hydrogens (tertiary/aromatic N) is 2. The molecule has 1 aromatic heterocycles. The molecule has 0 saturated carbocycles. The van der Waals surface area contributed by atoms with Crippen LogP contribution in [0.4, 0.5) is 5.69 Å². The molecular formula is C17H23N3S. The lowest BCUT2D eigenvalue weighted by molar-refractivity contribution is 0.624. The third-order valence-electron chi connectivity index (χ3n) is 4.08. The molecule has 0 aliphatic carbocycles. The number of fused-ring (bicyclic) bond motifs is 1. The molecule has 21 heavy (non-hydrogen) atoms. The van der Waals surface area contributed by atoms with Crippen molar-refractivity contribution in [3.63, 3.8) is 0 Å². The lowest BCUT2D eigenvalue weighted by atomic mass is 9.96. The fraction of sp³-hybridized carbons (Fsp3) is 0.471. The molecule has 0 bridgehead atoms. The Hall–Kier alpha value is -1.39. The monoisotopic (exact) mass is 301 g/mol. The number of hydrogen-bond donors (Lipinski definition) is 1. The number of anilines is 1. The summed E-state index contributed by atoms with van der Waals surface area (Å²) in [6.45, 7) is 6.32. The topological polar surface area (TPSA) is 28.2 Å². The SMILES string of the molecule is CCNC(c1ccc2c(c1)CCCN2C)c1nc(C)cs1. The molecule has 0 amide bonds. The van der Waals surface area contributed by atoms with Crippen LogP contribution in [0.15, 0.2) is 23.6 Å². The van der Waals surface area contributed by atoms with Crippen molar-refractivity contribution in [2.45, 2.75) is 32.7 Å². The van der Waals surface area contributed by atoms with Gasteiger partial charge in [-0.15, -0.1) is 11.3 Å². The summed E-state index contributed by atoms with van der Waals surface area (Å²) in [7, 11) is 2.18. The molecule has 3 nitrogen and oxygen atoms in total. The Kier molecular flexibility index (Phi) is 4.27. The molecule has 0 saturated heterocycles. The zero-order valence-electron chi connectivity index (χ0n) is 13.0. The van der Waals surface area contributed by atoms with E-state index in [1.54, 1.807) is 11.3 Å². The number of nitrogens with one attached hydrogen (secondary N) is 1. The Morgan fingerprint density at radius 1 is 1.43 bits per heavy atom. The predicted molar refractivity (Wildman–Crippen MR) is 90.4 cm³/mol. The first kappa shape index (κ1) is 14.5. The van der Waals surface area contributed by atoms with Gasteiger partial charge in [0.15, 0.2) is 0 Å². The van der Waals surface area contributed by atoms with Crippen LogP contribution in [0, 0.1) is 6.92 Å². The highest BCUT2D eigenvalue weighted by Crippen LogP contribution is 2.31. The third kappa shape index (κ3) is 2.97. The largest absolute Gasteiger partial charge is 0.374 e. The first-order valence-corrected chi connectivity index (χ1v) is 8.56. The van der Waals surface area contributed by atoms with Crippen molar-refractivity contribution in [1.82, 2.24) is 10.3 Å². The summed E-state index contributed by atoms with van der Waals surface area (Å²) in [5.41, 5.74) is 5.30. The fourth-order valence-corrected chi connectivity index (χ4v) is 3.94. The van der Waals surface area contributed by atoms with E-state index in [2.05, 4.69) is 59.7 Å². The summed E-state index contributed by atoms with van der Waals surface area (Å²) in [4.78, 5) is 7.04. The highest BCUT2D eigenvalue weighted by molar-refractivity contribution is 7.09. The van der Waals surface area contributed by atoms with Crippen molar-refractivity contribution in [2.75, 3.05) is 25.0 Å². The number of aryl methyl sites for hydroxylation is 2. The van der Waals surface area contributed by atoms with E-state index >= 15 is 0 Å². The molecule has 0 spiro atoms. The van der Waals surface area contributed by atoms with Crippen molar-refractivity contribution < 1.29 is 0 Å². The van der Waals surface area contributed by atoms with E-state index in [4.69, 9.17) is 0 Å². The zero-order chi connectivity index (χ0) is 14.8. The Bertz CT molecular complexity index is 620. The van der Waals surface area contributed by atoms with Crippen LogP contribution >= 0.6 is 11.3 Å². The summed E-state index contributed by atoms with van der Waals surface area (Å²) < 4.78 is 0. The van der Waals surface area contributed by atoms with Gasteiger partial charge in [-0.2, -0.15) is 0 Å². The van der Waals surface area contributed by atoms with Crippen LogP contribution in [-0.4, -0.2) is 25.1 Å². The molecule has 0 fully saturated rings. The van der Waals surface area contributed by atoms with Gasteiger partial charge in [-0.1, -0.05) is 19.1 Å². The average molecular weight is 301 g/mol. The minimum atomic E-state index is 0.214. The van der Waals surface area contributed by atoms with Gasteiger partial charge in [0.25, 0.3) is 0 Å². The van der Waals surface area contributed by atoms with Crippen LogP contribution in [0.25, 0.3) is 0 Å². The average Bonchev–Trinajstić information content (AvgIpc) is 2.91. The lowest BCUT2D eigenvalue weighted by Gasteiger charge is -2.28. The van der Waals surface area contributed by atoms with Crippen molar-refractivity contribution in [3.8, 4) is 0 Å². The Morgan fingerprint density at radius 3 is 3.00 bits per heavy atom. The lowest BCUT2D eigenvalue weighted by Crippen LogP contribution is -2.26. The molecule has 1 atom stereocenters.